The van der Waals surface area contributed by atoms with Crippen molar-refractivity contribution in [2.45, 2.75) is 18.9 Å². The van der Waals surface area contributed by atoms with Crippen LogP contribution in [-0.2, 0) is 19.6 Å². The Hall–Kier alpha value is -3.11. The van der Waals surface area contributed by atoms with Crippen LogP contribution in [0.3, 0.4) is 0 Å². The number of carbonyl (C=O) groups is 2. The monoisotopic (exact) mass is 461 g/mol. The minimum Gasteiger partial charge on any atom is -0.484 e. The van der Waals surface area contributed by atoms with Crippen molar-refractivity contribution in [1.82, 2.24) is 5.32 Å². The number of ether oxygens (including phenoxy) is 2. The summed E-state index contributed by atoms with van der Waals surface area (Å²) in [5.74, 6) is -0.307. The summed E-state index contributed by atoms with van der Waals surface area (Å²) in [5.41, 5.74) is 1.22. The molecule has 0 radical (unpaired) electrons. The lowest BCUT2D eigenvalue weighted by molar-refractivity contribution is -0.118. The molecule has 3 rings (SSSR count). The lowest BCUT2D eigenvalue weighted by Crippen LogP contribution is -2.32. The van der Waals surface area contributed by atoms with Gasteiger partial charge in [0.05, 0.1) is 29.3 Å². The van der Waals surface area contributed by atoms with Crippen LogP contribution in [0.5, 0.6) is 5.75 Å². The molecule has 1 fully saturated rings. The molecule has 1 aliphatic heterocycles. The number of benzene rings is 2. The summed E-state index contributed by atoms with van der Waals surface area (Å²) in [6, 6.07) is 13.1. The molecule has 10 heteroatoms. The molecule has 1 aliphatic rings. The molecule has 0 saturated carbocycles. The number of hydrogen-bond donors (Lipinski definition) is 2. The van der Waals surface area contributed by atoms with Crippen LogP contribution in [-0.4, -0.2) is 59.4 Å². The van der Waals surface area contributed by atoms with E-state index in [1.165, 1.54) is 7.05 Å². The fourth-order valence-electron chi connectivity index (χ4n) is 3.18. The van der Waals surface area contributed by atoms with Crippen LogP contribution in [0.2, 0.25) is 0 Å². The van der Waals surface area contributed by atoms with E-state index in [1.54, 1.807) is 48.5 Å². The van der Waals surface area contributed by atoms with Crippen molar-refractivity contribution >= 4 is 33.2 Å². The fourth-order valence-corrected chi connectivity index (χ4v) is 3.68. The van der Waals surface area contributed by atoms with Crippen LogP contribution in [0.25, 0.3) is 0 Å². The van der Waals surface area contributed by atoms with Crippen molar-refractivity contribution in [1.29, 1.82) is 0 Å². The van der Waals surface area contributed by atoms with Crippen LogP contribution in [0, 0.1) is 0 Å². The maximum absolute atomic E-state index is 12.5. The van der Waals surface area contributed by atoms with Crippen molar-refractivity contribution in [2.75, 3.05) is 42.7 Å². The molecule has 2 aromatic carbocycles. The molecular weight excluding hydrogens is 434 g/mol. The number of amides is 2. The molecule has 0 aliphatic carbocycles. The molecule has 9 nitrogen and oxygen atoms in total. The first-order chi connectivity index (χ1) is 15.2. The molecule has 172 valence electrons. The van der Waals surface area contributed by atoms with E-state index in [2.05, 4.69) is 10.6 Å². The van der Waals surface area contributed by atoms with Gasteiger partial charge in [-0.2, -0.15) is 0 Å². The number of hydrogen-bond acceptors (Lipinski definition) is 6. The van der Waals surface area contributed by atoms with E-state index in [4.69, 9.17) is 9.47 Å². The third-order valence-corrected chi connectivity index (χ3v) is 6.23. The standard InChI is InChI=1S/C22H27N3O6S/c1-25(32(2,28)29)16-9-11-17(12-10-16)31-15-21(26)24-20-8-4-3-7-19(20)22(27)23-14-18-6-5-13-30-18/h3-4,7-12,18H,5-6,13-15H2,1-2H3,(H,23,27)(H,24,26)/t18-/m1/s1. The highest BCUT2D eigenvalue weighted by molar-refractivity contribution is 7.92. The molecule has 2 aromatic rings. The Labute approximate surface area is 187 Å². The summed E-state index contributed by atoms with van der Waals surface area (Å²) >= 11 is 0. The van der Waals surface area contributed by atoms with Crippen LogP contribution in [0.4, 0.5) is 11.4 Å². The van der Waals surface area contributed by atoms with E-state index in [1.807, 2.05) is 0 Å². The average molecular weight is 462 g/mol. The van der Waals surface area contributed by atoms with E-state index in [-0.39, 0.29) is 18.6 Å². The van der Waals surface area contributed by atoms with Gasteiger partial charge in [0.2, 0.25) is 10.0 Å². The van der Waals surface area contributed by atoms with Gasteiger partial charge in [-0.3, -0.25) is 13.9 Å². The molecule has 2 N–H and O–H groups in total. The average Bonchev–Trinajstić information content (AvgIpc) is 3.29. The summed E-state index contributed by atoms with van der Waals surface area (Å²) in [5, 5.41) is 5.54. The van der Waals surface area contributed by atoms with Crippen molar-refractivity contribution in [2.24, 2.45) is 0 Å². The second-order valence-electron chi connectivity index (χ2n) is 7.45. The first kappa shape index (κ1) is 23.6. The molecule has 0 spiro atoms. The quantitative estimate of drug-likeness (QED) is 0.591. The number of para-hydroxylation sites is 1. The third-order valence-electron chi connectivity index (χ3n) is 5.03. The molecule has 32 heavy (non-hydrogen) atoms. The number of anilines is 2. The summed E-state index contributed by atoms with van der Waals surface area (Å²) in [6.45, 7) is 0.867. The lowest BCUT2D eigenvalue weighted by Gasteiger charge is -2.17. The van der Waals surface area contributed by atoms with Crippen LogP contribution in [0.1, 0.15) is 23.2 Å². The molecule has 0 unspecified atom stereocenters. The Morgan fingerprint density at radius 1 is 1.16 bits per heavy atom. The minimum atomic E-state index is -3.36. The van der Waals surface area contributed by atoms with Gasteiger partial charge in [-0.05, 0) is 49.2 Å². The Morgan fingerprint density at radius 3 is 2.53 bits per heavy atom. The van der Waals surface area contributed by atoms with Gasteiger partial charge in [0.15, 0.2) is 6.61 Å². The molecule has 1 heterocycles. The third kappa shape index (κ3) is 6.44. The van der Waals surface area contributed by atoms with Gasteiger partial charge < -0.3 is 20.1 Å². The van der Waals surface area contributed by atoms with Crippen LogP contribution < -0.4 is 19.7 Å². The predicted octanol–water partition coefficient (Wildman–Crippen LogP) is 2.01. The Kier molecular flexibility index (Phi) is 7.70. The molecule has 0 aromatic heterocycles. The van der Waals surface area contributed by atoms with Gasteiger partial charge in [0.25, 0.3) is 11.8 Å². The second kappa shape index (κ2) is 10.5. The van der Waals surface area contributed by atoms with Gasteiger partial charge in [-0.15, -0.1) is 0 Å². The second-order valence-corrected chi connectivity index (χ2v) is 9.47. The molecule has 1 saturated heterocycles. The normalized spacial score (nSPS) is 15.8. The smallest absolute Gasteiger partial charge is 0.262 e. The summed E-state index contributed by atoms with van der Waals surface area (Å²) in [7, 11) is -1.91. The van der Waals surface area contributed by atoms with E-state index >= 15 is 0 Å². The van der Waals surface area contributed by atoms with E-state index in [0.29, 0.717) is 35.8 Å². The Balaban J connectivity index is 1.54. The number of sulfonamides is 1. The van der Waals surface area contributed by atoms with E-state index in [0.717, 1.165) is 23.4 Å². The van der Waals surface area contributed by atoms with Crippen LogP contribution >= 0.6 is 0 Å². The zero-order chi connectivity index (χ0) is 23.1. The Bertz CT molecular complexity index is 1050. The summed E-state index contributed by atoms with van der Waals surface area (Å²) in [4.78, 5) is 24.9. The predicted molar refractivity (Wildman–Crippen MR) is 122 cm³/mol. The largest absolute Gasteiger partial charge is 0.484 e. The molecular formula is C22H27N3O6S. The first-order valence-electron chi connectivity index (χ1n) is 10.2. The van der Waals surface area contributed by atoms with Gasteiger partial charge >= 0.3 is 0 Å². The molecule has 0 bridgehead atoms. The number of nitrogens with zero attached hydrogens (tertiary/aromatic N) is 1. The zero-order valence-electron chi connectivity index (χ0n) is 18.0. The minimum absolute atomic E-state index is 0.0257. The maximum Gasteiger partial charge on any atom is 0.262 e. The lowest BCUT2D eigenvalue weighted by atomic mass is 10.1. The van der Waals surface area contributed by atoms with Crippen molar-refractivity contribution in [3.63, 3.8) is 0 Å². The number of nitrogens with one attached hydrogen (secondary N) is 2. The van der Waals surface area contributed by atoms with Gasteiger partial charge in [0, 0.05) is 20.2 Å². The molecule has 2 amide bonds. The highest BCUT2D eigenvalue weighted by Crippen LogP contribution is 2.20. The Morgan fingerprint density at radius 2 is 1.88 bits per heavy atom. The highest BCUT2D eigenvalue weighted by Gasteiger charge is 2.18. The van der Waals surface area contributed by atoms with Crippen LogP contribution in [0.15, 0.2) is 48.5 Å². The van der Waals surface area contributed by atoms with E-state index in [9.17, 15) is 18.0 Å². The topological polar surface area (TPSA) is 114 Å². The highest BCUT2D eigenvalue weighted by atomic mass is 32.2. The zero-order valence-corrected chi connectivity index (χ0v) is 18.9. The van der Waals surface area contributed by atoms with E-state index < -0.39 is 15.9 Å². The van der Waals surface area contributed by atoms with Gasteiger partial charge in [-0.25, -0.2) is 8.42 Å². The first-order valence-corrected chi connectivity index (χ1v) is 12.0. The van der Waals surface area contributed by atoms with Gasteiger partial charge in [0.1, 0.15) is 5.75 Å². The number of carbonyl (C=O) groups excluding carboxylic acids is 2. The number of rotatable bonds is 9. The van der Waals surface area contributed by atoms with Crippen molar-refractivity contribution < 1.29 is 27.5 Å². The van der Waals surface area contributed by atoms with Gasteiger partial charge in [-0.1, -0.05) is 12.1 Å². The summed E-state index contributed by atoms with van der Waals surface area (Å²) in [6.07, 6.45) is 3.05. The SMILES string of the molecule is CN(c1ccc(OCC(=O)Nc2ccccc2C(=O)NC[C@H]2CCCO2)cc1)S(C)(=O)=O. The molecule has 1 atom stereocenters. The maximum atomic E-state index is 12.5. The summed E-state index contributed by atoms with van der Waals surface area (Å²) < 4.78 is 35.3. The fraction of sp³-hybridized carbons (Fsp3) is 0.364. The van der Waals surface area contributed by atoms with Crippen molar-refractivity contribution in [3.05, 3.63) is 54.1 Å². The van der Waals surface area contributed by atoms with Crippen molar-refractivity contribution in [3.8, 4) is 5.75 Å².